The van der Waals surface area contributed by atoms with Crippen LogP contribution in [0.2, 0.25) is 0 Å². The highest BCUT2D eigenvalue weighted by Gasteiger charge is 2.20. The minimum atomic E-state index is -0.0168. The molecule has 3 nitrogen and oxygen atoms in total. The largest absolute Gasteiger partial charge is 0.497 e. The van der Waals surface area contributed by atoms with Gasteiger partial charge in [0.15, 0.2) is 0 Å². The molecule has 0 spiro atoms. The van der Waals surface area contributed by atoms with E-state index in [1.54, 1.807) is 7.11 Å². The lowest BCUT2D eigenvalue weighted by molar-refractivity contribution is 0.0985. The molecule has 0 aliphatic carbocycles. The molecule has 34 heavy (non-hydrogen) atoms. The van der Waals surface area contributed by atoms with Crippen LogP contribution in [-0.4, -0.2) is 13.0 Å². The molecule has 0 bridgehead atoms. The molecule has 0 aliphatic heterocycles. The molecule has 4 aromatic carbocycles. The Hall–Kier alpha value is -4.11. The summed E-state index contributed by atoms with van der Waals surface area (Å²) in [5.41, 5.74) is 7.23. The van der Waals surface area contributed by atoms with E-state index in [1.807, 2.05) is 89.8 Å². The van der Waals surface area contributed by atoms with Gasteiger partial charge >= 0.3 is 0 Å². The first-order valence-electron chi connectivity index (χ1n) is 11.4. The number of nitrogens with zero attached hydrogens (tertiary/aromatic N) is 1. The molecule has 1 amide bonds. The first-order valence-corrected chi connectivity index (χ1v) is 11.4. The molecule has 4 aromatic rings. The Bertz CT molecular complexity index is 1280. The third-order valence-electron chi connectivity index (χ3n) is 5.87. The molecule has 0 unspecified atom stereocenters. The van der Waals surface area contributed by atoms with Crippen LogP contribution in [0.5, 0.6) is 5.75 Å². The average molecular weight is 448 g/mol. The van der Waals surface area contributed by atoms with Crippen molar-refractivity contribution in [2.24, 2.45) is 0 Å². The van der Waals surface area contributed by atoms with Crippen LogP contribution in [0.3, 0.4) is 0 Å². The molecule has 0 N–H and O–H groups in total. The fraction of sp³-hybridized carbons (Fsp3) is 0.129. The molecular weight excluding hydrogens is 418 g/mol. The van der Waals surface area contributed by atoms with Crippen LogP contribution in [0.25, 0.3) is 12.2 Å². The SMILES string of the molecule is COc1ccc(C=Cc2cc(C)cc(C)c2CN(C(=O)c2ccccc2)c2ccccc2)cc1. The predicted molar refractivity (Wildman–Crippen MR) is 141 cm³/mol. The van der Waals surface area contributed by atoms with Gasteiger partial charge in [-0.1, -0.05) is 78.4 Å². The molecule has 0 fully saturated rings. The number of carbonyl (C=O) groups excluding carboxylic acids is 1. The van der Waals surface area contributed by atoms with Gasteiger partial charge in [-0.2, -0.15) is 0 Å². The second kappa shape index (κ2) is 10.7. The zero-order valence-corrected chi connectivity index (χ0v) is 19.9. The molecule has 0 saturated carbocycles. The van der Waals surface area contributed by atoms with E-state index in [9.17, 15) is 4.79 Å². The van der Waals surface area contributed by atoms with Gasteiger partial charge in [0, 0.05) is 11.3 Å². The summed E-state index contributed by atoms with van der Waals surface area (Å²) < 4.78 is 5.27. The quantitative estimate of drug-likeness (QED) is 0.278. The second-order valence-corrected chi connectivity index (χ2v) is 8.35. The summed E-state index contributed by atoms with van der Waals surface area (Å²) in [4.78, 5) is 15.4. The number of rotatable bonds is 7. The van der Waals surface area contributed by atoms with Crippen LogP contribution < -0.4 is 9.64 Å². The number of ether oxygens (including phenoxy) is 1. The van der Waals surface area contributed by atoms with Crippen molar-refractivity contribution >= 4 is 23.7 Å². The summed E-state index contributed by atoms with van der Waals surface area (Å²) in [5.74, 6) is 0.819. The molecular formula is C31H29NO2. The Morgan fingerprint density at radius 3 is 2.12 bits per heavy atom. The lowest BCUT2D eigenvalue weighted by Gasteiger charge is -2.25. The maximum Gasteiger partial charge on any atom is 0.258 e. The Labute approximate surface area is 202 Å². The standard InChI is InChI=1S/C31H29NO2/c1-23-20-24(2)30(27(21-23)17-14-25-15-18-29(34-3)19-16-25)22-32(28-12-8-5-9-13-28)31(33)26-10-6-4-7-11-26/h4-21H,22H2,1-3H3. The van der Waals surface area contributed by atoms with E-state index in [0.29, 0.717) is 12.1 Å². The third kappa shape index (κ3) is 5.44. The lowest BCUT2D eigenvalue weighted by atomic mass is 9.97. The van der Waals surface area contributed by atoms with Crippen molar-refractivity contribution < 1.29 is 9.53 Å². The minimum Gasteiger partial charge on any atom is -0.497 e. The van der Waals surface area contributed by atoms with Crippen molar-refractivity contribution in [3.8, 4) is 5.75 Å². The van der Waals surface area contributed by atoms with E-state index in [-0.39, 0.29) is 5.91 Å². The molecule has 0 aliphatic rings. The van der Waals surface area contributed by atoms with Crippen molar-refractivity contribution in [2.45, 2.75) is 20.4 Å². The summed E-state index contributed by atoms with van der Waals surface area (Å²) in [6.45, 7) is 4.70. The number of methoxy groups -OCH3 is 1. The normalized spacial score (nSPS) is 10.9. The van der Waals surface area contributed by atoms with Crippen molar-refractivity contribution in [1.82, 2.24) is 0 Å². The van der Waals surface area contributed by atoms with Gasteiger partial charge < -0.3 is 9.64 Å². The zero-order valence-electron chi connectivity index (χ0n) is 19.9. The Balaban J connectivity index is 1.72. The van der Waals surface area contributed by atoms with E-state index in [1.165, 1.54) is 5.56 Å². The molecule has 0 atom stereocenters. The second-order valence-electron chi connectivity index (χ2n) is 8.35. The van der Waals surface area contributed by atoms with Crippen molar-refractivity contribution in [1.29, 1.82) is 0 Å². The molecule has 0 heterocycles. The molecule has 0 saturated heterocycles. The summed E-state index contributed by atoms with van der Waals surface area (Å²) in [5, 5.41) is 0. The van der Waals surface area contributed by atoms with Crippen molar-refractivity contribution in [3.63, 3.8) is 0 Å². The van der Waals surface area contributed by atoms with Crippen LogP contribution in [0.1, 0.15) is 38.2 Å². The number of carbonyl (C=O) groups is 1. The van der Waals surface area contributed by atoms with Gasteiger partial charge in [0.1, 0.15) is 5.75 Å². The molecule has 0 radical (unpaired) electrons. The highest BCUT2D eigenvalue weighted by atomic mass is 16.5. The molecule has 4 rings (SSSR count). The van der Waals surface area contributed by atoms with Gasteiger partial charge in [-0.3, -0.25) is 4.79 Å². The molecule has 170 valence electrons. The van der Waals surface area contributed by atoms with Gasteiger partial charge in [0.25, 0.3) is 5.91 Å². The summed E-state index contributed by atoms with van der Waals surface area (Å²) in [6.07, 6.45) is 4.23. The summed E-state index contributed by atoms with van der Waals surface area (Å²) >= 11 is 0. The summed E-state index contributed by atoms with van der Waals surface area (Å²) in [7, 11) is 1.67. The van der Waals surface area contributed by atoms with Gasteiger partial charge in [0.2, 0.25) is 0 Å². The number of benzene rings is 4. The highest BCUT2D eigenvalue weighted by molar-refractivity contribution is 6.06. The van der Waals surface area contributed by atoms with Crippen LogP contribution >= 0.6 is 0 Å². The molecule has 3 heteroatoms. The van der Waals surface area contributed by atoms with Gasteiger partial charge in [0.05, 0.1) is 13.7 Å². The summed E-state index contributed by atoms with van der Waals surface area (Å²) in [6, 6.07) is 31.7. The first-order chi connectivity index (χ1) is 16.5. The van der Waals surface area contributed by atoms with E-state index in [2.05, 4.69) is 38.1 Å². The smallest absolute Gasteiger partial charge is 0.258 e. The fourth-order valence-electron chi connectivity index (χ4n) is 4.08. The Morgan fingerprint density at radius 1 is 0.824 bits per heavy atom. The number of hydrogen-bond donors (Lipinski definition) is 0. The Morgan fingerprint density at radius 2 is 1.47 bits per heavy atom. The number of anilines is 1. The van der Waals surface area contributed by atoms with Crippen LogP contribution in [0.15, 0.2) is 97.1 Å². The van der Waals surface area contributed by atoms with Crippen molar-refractivity contribution in [2.75, 3.05) is 12.0 Å². The molecule has 0 aromatic heterocycles. The number of aryl methyl sites for hydroxylation is 2. The van der Waals surface area contributed by atoms with E-state index >= 15 is 0 Å². The van der Waals surface area contributed by atoms with E-state index in [0.717, 1.165) is 33.7 Å². The third-order valence-corrected chi connectivity index (χ3v) is 5.87. The van der Waals surface area contributed by atoms with Gasteiger partial charge in [-0.15, -0.1) is 0 Å². The van der Waals surface area contributed by atoms with Crippen LogP contribution in [0.4, 0.5) is 5.69 Å². The van der Waals surface area contributed by atoms with Gasteiger partial charge in [-0.05, 0) is 72.5 Å². The monoisotopic (exact) mass is 447 g/mol. The predicted octanol–water partition coefficient (Wildman–Crippen LogP) is 7.33. The fourth-order valence-corrected chi connectivity index (χ4v) is 4.08. The first kappa shape index (κ1) is 23.1. The topological polar surface area (TPSA) is 29.5 Å². The maximum absolute atomic E-state index is 13.6. The van der Waals surface area contributed by atoms with Crippen molar-refractivity contribution in [3.05, 3.63) is 130 Å². The van der Waals surface area contributed by atoms with Crippen LogP contribution in [0, 0.1) is 13.8 Å². The zero-order chi connectivity index (χ0) is 23.9. The Kier molecular flexibility index (Phi) is 7.24. The minimum absolute atomic E-state index is 0.0168. The number of amides is 1. The average Bonchev–Trinajstić information content (AvgIpc) is 2.88. The van der Waals surface area contributed by atoms with Gasteiger partial charge in [-0.25, -0.2) is 0 Å². The van der Waals surface area contributed by atoms with E-state index < -0.39 is 0 Å². The number of hydrogen-bond acceptors (Lipinski definition) is 2. The van der Waals surface area contributed by atoms with Crippen LogP contribution in [-0.2, 0) is 6.54 Å². The maximum atomic E-state index is 13.6. The lowest BCUT2D eigenvalue weighted by Crippen LogP contribution is -2.31. The number of para-hydroxylation sites is 1. The highest BCUT2D eigenvalue weighted by Crippen LogP contribution is 2.26. The van der Waals surface area contributed by atoms with E-state index in [4.69, 9.17) is 4.74 Å².